The first-order valence-electron chi connectivity index (χ1n) is 6.36. The van der Waals surface area contributed by atoms with Crippen molar-refractivity contribution in [3.63, 3.8) is 0 Å². The van der Waals surface area contributed by atoms with Crippen LogP contribution in [0.2, 0.25) is 0 Å². The van der Waals surface area contributed by atoms with Gasteiger partial charge in [-0.25, -0.2) is 0 Å². The molecule has 4 heteroatoms. The van der Waals surface area contributed by atoms with Crippen LogP contribution in [0, 0.1) is 0 Å². The van der Waals surface area contributed by atoms with Gasteiger partial charge in [0.2, 0.25) is 0 Å². The fraction of sp³-hybridized carbons (Fsp3) is 0.571. The molecule has 0 saturated heterocycles. The van der Waals surface area contributed by atoms with Crippen LogP contribution in [0.1, 0.15) is 31.4 Å². The second-order valence-corrected chi connectivity index (χ2v) is 5.65. The summed E-state index contributed by atoms with van der Waals surface area (Å²) in [5, 5.41) is 9.63. The van der Waals surface area contributed by atoms with E-state index >= 15 is 0 Å². The van der Waals surface area contributed by atoms with Crippen LogP contribution in [0.15, 0.2) is 22.7 Å². The quantitative estimate of drug-likeness (QED) is 0.876. The Morgan fingerprint density at radius 2 is 2.22 bits per heavy atom. The molecule has 1 aromatic rings. The van der Waals surface area contributed by atoms with Crippen molar-refractivity contribution in [3.05, 3.63) is 28.2 Å². The molecular formula is C14H20BrNO2. The van der Waals surface area contributed by atoms with Crippen molar-refractivity contribution >= 4 is 21.6 Å². The molecule has 0 amide bonds. The highest BCUT2D eigenvalue weighted by atomic mass is 79.9. The third-order valence-electron chi connectivity index (χ3n) is 3.29. The fourth-order valence-corrected chi connectivity index (χ4v) is 2.83. The van der Waals surface area contributed by atoms with Gasteiger partial charge in [-0.15, -0.1) is 0 Å². The molecule has 0 aromatic heterocycles. The summed E-state index contributed by atoms with van der Waals surface area (Å²) in [7, 11) is 1.73. The number of halogens is 1. The summed E-state index contributed by atoms with van der Waals surface area (Å²) < 4.78 is 6.14. The highest BCUT2D eigenvalue weighted by molar-refractivity contribution is 9.10. The molecule has 1 aliphatic carbocycles. The summed E-state index contributed by atoms with van der Waals surface area (Å²) >= 11 is 3.54. The molecule has 18 heavy (non-hydrogen) atoms. The van der Waals surface area contributed by atoms with E-state index in [1.165, 1.54) is 18.5 Å². The standard InChI is InChI=1S/C14H20BrNO2/c1-10(17)13-6-5-12(9-14(13)15)16(7-8-18-2)11-3-4-11/h5-6,9-11,17H,3-4,7-8H2,1-2H3/t10-/m1/s1. The molecule has 1 aliphatic rings. The average molecular weight is 314 g/mol. The smallest absolute Gasteiger partial charge is 0.0772 e. The monoisotopic (exact) mass is 313 g/mol. The normalized spacial score (nSPS) is 16.7. The van der Waals surface area contributed by atoms with Gasteiger partial charge in [-0.1, -0.05) is 22.0 Å². The Morgan fingerprint density at radius 3 is 2.72 bits per heavy atom. The van der Waals surface area contributed by atoms with Crippen LogP contribution in [-0.4, -0.2) is 31.4 Å². The number of rotatable bonds is 6. The van der Waals surface area contributed by atoms with Gasteiger partial charge in [-0.3, -0.25) is 0 Å². The van der Waals surface area contributed by atoms with E-state index in [2.05, 4.69) is 33.0 Å². The van der Waals surface area contributed by atoms with Crippen LogP contribution in [0.4, 0.5) is 5.69 Å². The van der Waals surface area contributed by atoms with E-state index < -0.39 is 6.10 Å². The lowest BCUT2D eigenvalue weighted by Crippen LogP contribution is -2.29. The maximum atomic E-state index is 9.63. The maximum Gasteiger partial charge on any atom is 0.0772 e. The van der Waals surface area contributed by atoms with Crippen LogP contribution in [0.3, 0.4) is 0 Å². The molecule has 100 valence electrons. The van der Waals surface area contributed by atoms with Gasteiger partial charge in [0.15, 0.2) is 0 Å². The maximum absolute atomic E-state index is 9.63. The number of anilines is 1. The van der Waals surface area contributed by atoms with Crippen molar-refractivity contribution in [2.24, 2.45) is 0 Å². The second-order valence-electron chi connectivity index (χ2n) is 4.80. The number of ether oxygens (including phenoxy) is 1. The third kappa shape index (κ3) is 3.25. The van der Waals surface area contributed by atoms with Crippen LogP contribution < -0.4 is 4.90 Å². The Bertz CT molecular complexity index is 405. The lowest BCUT2D eigenvalue weighted by atomic mass is 10.1. The van der Waals surface area contributed by atoms with Crippen molar-refractivity contribution in [2.45, 2.75) is 31.9 Å². The molecule has 3 nitrogen and oxygen atoms in total. The van der Waals surface area contributed by atoms with Gasteiger partial charge in [0, 0.05) is 29.9 Å². The third-order valence-corrected chi connectivity index (χ3v) is 3.98. The second kappa shape index (κ2) is 6.04. The first-order chi connectivity index (χ1) is 8.63. The summed E-state index contributed by atoms with van der Waals surface area (Å²) in [5.41, 5.74) is 2.13. The van der Waals surface area contributed by atoms with E-state index in [0.717, 1.165) is 23.2 Å². The molecule has 0 spiro atoms. The minimum atomic E-state index is -0.443. The molecule has 0 heterocycles. The summed E-state index contributed by atoms with van der Waals surface area (Å²) in [4.78, 5) is 2.39. The molecule has 2 rings (SSSR count). The molecule has 1 saturated carbocycles. The molecule has 0 unspecified atom stereocenters. The van der Waals surface area contributed by atoms with E-state index in [1.54, 1.807) is 14.0 Å². The van der Waals surface area contributed by atoms with Crippen molar-refractivity contribution in [1.29, 1.82) is 0 Å². The Hall–Kier alpha value is -0.580. The number of hydrogen-bond acceptors (Lipinski definition) is 3. The zero-order valence-electron chi connectivity index (χ0n) is 10.9. The summed E-state index contributed by atoms with van der Waals surface area (Å²) in [5.74, 6) is 0. The topological polar surface area (TPSA) is 32.7 Å². The predicted molar refractivity (Wildman–Crippen MR) is 77.0 cm³/mol. The highest BCUT2D eigenvalue weighted by Gasteiger charge is 2.29. The van der Waals surface area contributed by atoms with Gasteiger partial charge < -0.3 is 14.7 Å². The Morgan fingerprint density at radius 1 is 1.50 bits per heavy atom. The number of nitrogens with zero attached hydrogens (tertiary/aromatic N) is 1. The van der Waals surface area contributed by atoms with Crippen LogP contribution in [-0.2, 0) is 4.74 Å². The predicted octanol–water partition coefficient (Wildman–Crippen LogP) is 3.12. The van der Waals surface area contributed by atoms with E-state index in [-0.39, 0.29) is 0 Å². The number of aliphatic hydroxyl groups is 1. The van der Waals surface area contributed by atoms with Gasteiger partial charge >= 0.3 is 0 Å². The van der Waals surface area contributed by atoms with Crippen molar-refractivity contribution in [3.8, 4) is 0 Å². The van der Waals surface area contributed by atoms with Gasteiger partial charge in [-0.05, 0) is 37.5 Å². The Kier molecular flexibility index (Phi) is 4.65. The SMILES string of the molecule is COCCN(c1ccc([C@@H](C)O)c(Br)c1)C1CC1. The number of benzene rings is 1. The van der Waals surface area contributed by atoms with Crippen LogP contribution in [0.5, 0.6) is 0 Å². The van der Waals surface area contributed by atoms with Crippen molar-refractivity contribution < 1.29 is 9.84 Å². The Labute approximate surface area is 117 Å². The number of methoxy groups -OCH3 is 1. The summed E-state index contributed by atoms with van der Waals surface area (Å²) in [6.07, 6.45) is 2.08. The average Bonchev–Trinajstić information content (AvgIpc) is 3.13. The summed E-state index contributed by atoms with van der Waals surface area (Å²) in [6, 6.07) is 6.83. The van der Waals surface area contributed by atoms with E-state index in [0.29, 0.717) is 6.04 Å². The van der Waals surface area contributed by atoms with Gasteiger partial charge in [0.1, 0.15) is 0 Å². The first kappa shape index (κ1) is 13.8. The van der Waals surface area contributed by atoms with Crippen LogP contribution >= 0.6 is 15.9 Å². The van der Waals surface area contributed by atoms with Crippen molar-refractivity contribution in [2.75, 3.05) is 25.2 Å². The van der Waals surface area contributed by atoms with E-state index in [4.69, 9.17) is 4.74 Å². The lowest BCUT2D eigenvalue weighted by Gasteiger charge is -2.25. The highest BCUT2D eigenvalue weighted by Crippen LogP contribution is 2.34. The summed E-state index contributed by atoms with van der Waals surface area (Å²) in [6.45, 7) is 3.44. The minimum Gasteiger partial charge on any atom is -0.389 e. The first-order valence-corrected chi connectivity index (χ1v) is 7.16. The van der Waals surface area contributed by atoms with Gasteiger partial charge in [-0.2, -0.15) is 0 Å². The van der Waals surface area contributed by atoms with Crippen molar-refractivity contribution in [1.82, 2.24) is 0 Å². The van der Waals surface area contributed by atoms with Gasteiger partial charge in [0.05, 0.1) is 12.7 Å². The molecular weight excluding hydrogens is 294 g/mol. The molecule has 0 bridgehead atoms. The molecule has 1 atom stereocenters. The number of hydrogen-bond donors (Lipinski definition) is 1. The fourth-order valence-electron chi connectivity index (χ4n) is 2.13. The number of aliphatic hydroxyl groups excluding tert-OH is 1. The molecule has 1 N–H and O–H groups in total. The van der Waals surface area contributed by atoms with E-state index in [1.807, 2.05) is 6.07 Å². The minimum absolute atomic E-state index is 0.443. The molecule has 0 aliphatic heterocycles. The largest absolute Gasteiger partial charge is 0.389 e. The van der Waals surface area contributed by atoms with Gasteiger partial charge in [0.25, 0.3) is 0 Å². The van der Waals surface area contributed by atoms with E-state index in [9.17, 15) is 5.11 Å². The zero-order chi connectivity index (χ0) is 13.1. The molecule has 0 radical (unpaired) electrons. The van der Waals surface area contributed by atoms with Crippen LogP contribution in [0.25, 0.3) is 0 Å². The molecule has 1 aromatic carbocycles. The lowest BCUT2D eigenvalue weighted by molar-refractivity contribution is 0.198. The molecule has 1 fully saturated rings. The Balaban J connectivity index is 2.17. The zero-order valence-corrected chi connectivity index (χ0v) is 12.5.